The van der Waals surface area contributed by atoms with Crippen LogP contribution in [0, 0.1) is 0 Å². The van der Waals surface area contributed by atoms with Crippen LogP contribution in [0.4, 0.5) is 0 Å². The Hall–Kier alpha value is -0.680. The highest BCUT2D eigenvalue weighted by Gasteiger charge is 1.99. The van der Waals surface area contributed by atoms with Gasteiger partial charge >= 0.3 is 0 Å². The molecule has 4 nitrogen and oxygen atoms in total. The second-order valence-electron chi connectivity index (χ2n) is 2.17. The highest BCUT2D eigenvalue weighted by Crippen LogP contribution is 2.19. The molecule has 0 fully saturated rings. The van der Waals surface area contributed by atoms with Gasteiger partial charge in [0.15, 0.2) is 0 Å². The van der Waals surface area contributed by atoms with Gasteiger partial charge in [0, 0.05) is 6.20 Å². The first kappa shape index (κ1) is 9.41. The molecule has 2 N–H and O–H groups in total. The SMILES string of the molecule is NCCCOc1ncncc1Br. The van der Waals surface area contributed by atoms with E-state index in [-0.39, 0.29) is 0 Å². The highest BCUT2D eigenvalue weighted by atomic mass is 79.9. The van der Waals surface area contributed by atoms with Gasteiger partial charge < -0.3 is 10.5 Å². The molecule has 0 bridgehead atoms. The lowest BCUT2D eigenvalue weighted by Gasteiger charge is -2.04. The smallest absolute Gasteiger partial charge is 0.231 e. The van der Waals surface area contributed by atoms with E-state index in [9.17, 15) is 0 Å². The molecular weight excluding hydrogens is 222 g/mol. The summed E-state index contributed by atoms with van der Waals surface area (Å²) in [7, 11) is 0. The van der Waals surface area contributed by atoms with Crippen LogP contribution < -0.4 is 10.5 Å². The summed E-state index contributed by atoms with van der Waals surface area (Å²) >= 11 is 3.27. The van der Waals surface area contributed by atoms with Crippen molar-refractivity contribution in [3.8, 4) is 5.88 Å². The number of hydrogen-bond donors (Lipinski definition) is 1. The molecule has 0 saturated carbocycles. The van der Waals surface area contributed by atoms with Crippen molar-refractivity contribution in [2.24, 2.45) is 5.73 Å². The topological polar surface area (TPSA) is 61.0 Å². The van der Waals surface area contributed by atoms with Crippen molar-refractivity contribution >= 4 is 15.9 Å². The van der Waals surface area contributed by atoms with E-state index in [1.807, 2.05) is 0 Å². The van der Waals surface area contributed by atoms with Gasteiger partial charge in [-0.2, -0.15) is 0 Å². The zero-order valence-corrected chi connectivity index (χ0v) is 8.12. The summed E-state index contributed by atoms with van der Waals surface area (Å²) in [5, 5.41) is 0. The van der Waals surface area contributed by atoms with Gasteiger partial charge in [-0.1, -0.05) is 0 Å². The molecule has 66 valence electrons. The molecular formula is C7H10BrN3O. The number of nitrogens with two attached hydrogens (primary N) is 1. The fourth-order valence-electron chi connectivity index (χ4n) is 0.660. The first-order valence-corrected chi connectivity index (χ1v) is 4.42. The zero-order chi connectivity index (χ0) is 8.81. The van der Waals surface area contributed by atoms with Gasteiger partial charge in [0.05, 0.1) is 11.1 Å². The zero-order valence-electron chi connectivity index (χ0n) is 6.53. The molecule has 0 amide bonds. The molecule has 1 aromatic heterocycles. The Labute approximate surface area is 79.3 Å². The first-order valence-electron chi connectivity index (χ1n) is 3.63. The van der Waals surface area contributed by atoms with Crippen LogP contribution in [0.5, 0.6) is 5.88 Å². The molecule has 0 aliphatic carbocycles. The van der Waals surface area contributed by atoms with Crippen molar-refractivity contribution < 1.29 is 4.74 Å². The number of halogens is 1. The molecule has 0 spiro atoms. The van der Waals surface area contributed by atoms with E-state index in [1.54, 1.807) is 6.20 Å². The molecule has 5 heteroatoms. The third-order valence-corrected chi connectivity index (χ3v) is 1.77. The Morgan fingerprint density at radius 3 is 3.08 bits per heavy atom. The van der Waals surface area contributed by atoms with Gasteiger partial charge in [0.25, 0.3) is 0 Å². The van der Waals surface area contributed by atoms with Crippen LogP contribution >= 0.6 is 15.9 Å². The third kappa shape index (κ3) is 2.75. The average Bonchev–Trinajstić information content (AvgIpc) is 2.09. The van der Waals surface area contributed by atoms with Crippen molar-refractivity contribution in [1.29, 1.82) is 0 Å². The lowest BCUT2D eigenvalue weighted by Crippen LogP contribution is -2.07. The summed E-state index contributed by atoms with van der Waals surface area (Å²) in [6.07, 6.45) is 3.92. The molecule has 0 aliphatic heterocycles. The molecule has 0 atom stereocenters. The second-order valence-corrected chi connectivity index (χ2v) is 3.02. The summed E-state index contributed by atoms with van der Waals surface area (Å²) in [4.78, 5) is 7.74. The van der Waals surface area contributed by atoms with E-state index >= 15 is 0 Å². The van der Waals surface area contributed by atoms with Gasteiger partial charge in [-0.3, -0.25) is 0 Å². The molecule has 1 heterocycles. The summed E-state index contributed by atoms with van der Waals surface area (Å²) in [5.74, 6) is 0.568. The van der Waals surface area contributed by atoms with Crippen LogP contribution in [0.2, 0.25) is 0 Å². The Balaban J connectivity index is 2.46. The van der Waals surface area contributed by atoms with Crippen LogP contribution in [-0.2, 0) is 0 Å². The normalized spacial score (nSPS) is 9.83. The number of rotatable bonds is 4. The lowest BCUT2D eigenvalue weighted by molar-refractivity contribution is 0.299. The fourth-order valence-corrected chi connectivity index (χ4v) is 0.995. The van der Waals surface area contributed by atoms with Gasteiger partial charge in [0.1, 0.15) is 6.33 Å². The van der Waals surface area contributed by atoms with Crippen molar-refractivity contribution in [2.45, 2.75) is 6.42 Å². The summed E-state index contributed by atoms with van der Waals surface area (Å²) in [5.41, 5.74) is 5.31. The monoisotopic (exact) mass is 231 g/mol. The van der Waals surface area contributed by atoms with Crippen LogP contribution in [0.15, 0.2) is 17.0 Å². The van der Waals surface area contributed by atoms with Crippen molar-refractivity contribution in [3.63, 3.8) is 0 Å². The van der Waals surface area contributed by atoms with Gasteiger partial charge in [0.2, 0.25) is 5.88 Å². The maximum atomic E-state index is 5.31. The van der Waals surface area contributed by atoms with Crippen LogP contribution in [0.1, 0.15) is 6.42 Å². The van der Waals surface area contributed by atoms with Crippen LogP contribution in [0.25, 0.3) is 0 Å². The molecule has 0 radical (unpaired) electrons. The molecule has 1 rings (SSSR count). The van der Waals surface area contributed by atoms with E-state index in [0.29, 0.717) is 19.0 Å². The van der Waals surface area contributed by atoms with Crippen molar-refractivity contribution in [1.82, 2.24) is 9.97 Å². The molecule has 0 unspecified atom stereocenters. The highest BCUT2D eigenvalue weighted by molar-refractivity contribution is 9.10. The van der Waals surface area contributed by atoms with Crippen LogP contribution in [0.3, 0.4) is 0 Å². The quantitative estimate of drug-likeness (QED) is 0.785. The minimum Gasteiger partial charge on any atom is -0.477 e. The molecule has 0 aliphatic rings. The minimum atomic E-state index is 0.568. The summed E-state index contributed by atoms with van der Waals surface area (Å²) in [6.45, 7) is 1.22. The van der Waals surface area contributed by atoms with E-state index in [1.165, 1.54) is 6.33 Å². The molecule has 1 aromatic rings. The molecule has 12 heavy (non-hydrogen) atoms. The van der Waals surface area contributed by atoms with Gasteiger partial charge in [-0.05, 0) is 28.9 Å². The Bertz CT molecular complexity index is 244. The van der Waals surface area contributed by atoms with Crippen molar-refractivity contribution in [3.05, 3.63) is 17.0 Å². The largest absolute Gasteiger partial charge is 0.477 e. The maximum Gasteiger partial charge on any atom is 0.231 e. The number of ether oxygens (including phenoxy) is 1. The third-order valence-electron chi connectivity index (χ3n) is 1.22. The predicted octanol–water partition coefficient (Wildman–Crippen LogP) is 0.967. The maximum absolute atomic E-state index is 5.31. The minimum absolute atomic E-state index is 0.568. The van der Waals surface area contributed by atoms with Gasteiger partial charge in [-0.25, -0.2) is 9.97 Å². The lowest BCUT2D eigenvalue weighted by atomic mass is 10.5. The van der Waals surface area contributed by atoms with E-state index in [2.05, 4.69) is 25.9 Å². The first-order chi connectivity index (χ1) is 5.84. The van der Waals surface area contributed by atoms with E-state index in [0.717, 1.165) is 10.9 Å². The Morgan fingerprint density at radius 2 is 2.42 bits per heavy atom. The number of hydrogen-bond acceptors (Lipinski definition) is 4. The van der Waals surface area contributed by atoms with E-state index < -0.39 is 0 Å². The second kappa shape index (κ2) is 5.05. The predicted molar refractivity (Wildman–Crippen MR) is 48.9 cm³/mol. The summed E-state index contributed by atoms with van der Waals surface area (Å²) in [6, 6.07) is 0. The fraction of sp³-hybridized carbons (Fsp3) is 0.429. The Kier molecular flexibility index (Phi) is 3.96. The standard InChI is InChI=1S/C7H10BrN3O/c8-6-4-10-5-11-7(6)12-3-1-2-9/h4-5H,1-3,9H2. The average molecular weight is 232 g/mol. The van der Waals surface area contributed by atoms with Gasteiger partial charge in [-0.15, -0.1) is 0 Å². The summed E-state index contributed by atoms with van der Waals surface area (Å²) < 4.78 is 6.06. The number of nitrogens with zero attached hydrogens (tertiary/aromatic N) is 2. The van der Waals surface area contributed by atoms with E-state index in [4.69, 9.17) is 10.5 Å². The number of aromatic nitrogens is 2. The Morgan fingerprint density at radius 1 is 1.58 bits per heavy atom. The van der Waals surface area contributed by atoms with Crippen LogP contribution in [-0.4, -0.2) is 23.1 Å². The van der Waals surface area contributed by atoms with Crippen molar-refractivity contribution in [2.75, 3.05) is 13.2 Å². The molecule has 0 saturated heterocycles. The molecule has 0 aromatic carbocycles.